The van der Waals surface area contributed by atoms with E-state index < -0.39 is 10.0 Å². The van der Waals surface area contributed by atoms with Crippen molar-refractivity contribution in [3.05, 3.63) is 52.9 Å². The van der Waals surface area contributed by atoms with Gasteiger partial charge in [-0.2, -0.15) is 4.31 Å². The molecule has 0 bridgehead atoms. The van der Waals surface area contributed by atoms with Gasteiger partial charge in [0.05, 0.1) is 17.7 Å². The summed E-state index contributed by atoms with van der Waals surface area (Å²) in [6.07, 6.45) is 1.65. The summed E-state index contributed by atoms with van der Waals surface area (Å²) in [7, 11) is -3.46. The number of aryl methyl sites for hydroxylation is 1. The van der Waals surface area contributed by atoms with Gasteiger partial charge in [0.25, 0.3) is 0 Å². The van der Waals surface area contributed by atoms with Crippen molar-refractivity contribution in [2.24, 2.45) is 0 Å². The van der Waals surface area contributed by atoms with E-state index in [1.807, 2.05) is 19.1 Å². The van der Waals surface area contributed by atoms with Gasteiger partial charge in [0.1, 0.15) is 5.76 Å². The van der Waals surface area contributed by atoms with Crippen LogP contribution in [0.3, 0.4) is 0 Å². The quantitative estimate of drug-likeness (QED) is 0.847. The summed E-state index contributed by atoms with van der Waals surface area (Å²) in [6, 6.07) is 8.63. The lowest BCUT2D eigenvalue weighted by Crippen LogP contribution is -2.48. The molecule has 1 aromatic carbocycles. The molecule has 0 spiro atoms. The second-order valence-electron chi connectivity index (χ2n) is 5.67. The van der Waals surface area contributed by atoms with Crippen LogP contribution in [-0.2, 0) is 16.6 Å². The van der Waals surface area contributed by atoms with Gasteiger partial charge in [-0.1, -0.05) is 11.6 Å². The van der Waals surface area contributed by atoms with Crippen molar-refractivity contribution in [3.63, 3.8) is 0 Å². The van der Waals surface area contributed by atoms with E-state index >= 15 is 0 Å². The highest BCUT2D eigenvalue weighted by atomic mass is 35.5. The van der Waals surface area contributed by atoms with Crippen molar-refractivity contribution in [1.29, 1.82) is 0 Å². The molecule has 0 radical (unpaired) electrons. The number of benzene rings is 1. The van der Waals surface area contributed by atoms with Gasteiger partial charge in [-0.15, -0.1) is 0 Å². The van der Waals surface area contributed by atoms with Crippen LogP contribution in [0.5, 0.6) is 0 Å². The number of rotatable bonds is 4. The van der Waals surface area contributed by atoms with Gasteiger partial charge >= 0.3 is 0 Å². The summed E-state index contributed by atoms with van der Waals surface area (Å²) >= 11 is 5.98. The summed E-state index contributed by atoms with van der Waals surface area (Å²) in [5, 5.41) is 0.576. The standard InChI is InChI=1S/C16H19ClN2O3S/c1-13-11-15(4-5-16(13)17)23(20,21)19-8-6-18(7-9-19)12-14-3-2-10-22-14/h2-5,10-11H,6-9,12H2,1H3. The molecule has 0 N–H and O–H groups in total. The van der Waals surface area contributed by atoms with E-state index in [-0.39, 0.29) is 0 Å². The predicted octanol–water partition coefficient (Wildman–Crippen LogP) is 2.75. The Labute approximate surface area is 141 Å². The van der Waals surface area contributed by atoms with Gasteiger partial charge < -0.3 is 4.42 Å². The molecule has 1 aliphatic rings. The van der Waals surface area contributed by atoms with Crippen LogP contribution in [-0.4, -0.2) is 43.8 Å². The number of hydrogen-bond acceptors (Lipinski definition) is 4. The third-order valence-corrected chi connectivity index (χ3v) is 6.38. The number of halogens is 1. The molecule has 1 saturated heterocycles. The number of furan rings is 1. The second kappa shape index (κ2) is 6.65. The smallest absolute Gasteiger partial charge is 0.243 e. The Morgan fingerprint density at radius 3 is 2.52 bits per heavy atom. The Hall–Kier alpha value is -1.34. The molecule has 0 amide bonds. The molecule has 1 aromatic heterocycles. The predicted molar refractivity (Wildman–Crippen MR) is 88.9 cm³/mol. The van der Waals surface area contributed by atoms with Crippen molar-refractivity contribution < 1.29 is 12.8 Å². The average molecular weight is 355 g/mol. The molecule has 1 fully saturated rings. The summed E-state index contributed by atoms with van der Waals surface area (Å²) in [4.78, 5) is 2.50. The van der Waals surface area contributed by atoms with E-state index in [1.54, 1.807) is 24.5 Å². The van der Waals surface area contributed by atoms with Crippen LogP contribution in [0, 0.1) is 6.92 Å². The zero-order chi connectivity index (χ0) is 16.4. The topological polar surface area (TPSA) is 53.8 Å². The number of piperazine rings is 1. The summed E-state index contributed by atoms with van der Waals surface area (Å²) < 4.78 is 32.3. The SMILES string of the molecule is Cc1cc(S(=O)(=O)N2CCN(Cc3ccco3)CC2)ccc1Cl. The van der Waals surface area contributed by atoms with Gasteiger partial charge in [0.15, 0.2) is 0 Å². The van der Waals surface area contributed by atoms with Gasteiger partial charge in [-0.05, 0) is 42.8 Å². The Kier molecular flexibility index (Phi) is 4.77. The number of hydrogen-bond donors (Lipinski definition) is 0. The van der Waals surface area contributed by atoms with Crippen LogP contribution in [0.4, 0.5) is 0 Å². The fourth-order valence-electron chi connectivity index (χ4n) is 2.68. The van der Waals surface area contributed by atoms with Crippen LogP contribution in [0.15, 0.2) is 45.9 Å². The highest BCUT2D eigenvalue weighted by Crippen LogP contribution is 2.23. The van der Waals surface area contributed by atoms with Gasteiger partial charge in [-0.25, -0.2) is 8.42 Å². The molecule has 23 heavy (non-hydrogen) atoms. The zero-order valence-corrected chi connectivity index (χ0v) is 14.5. The maximum atomic E-state index is 12.7. The Morgan fingerprint density at radius 2 is 1.91 bits per heavy atom. The van der Waals surface area contributed by atoms with Gasteiger partial charge in [0.2, 0.25) is 10.0 Å². The van der Waals surface area contributed by atoms with E-state index in [0.29, 0.717) is 42.6 Å². The minimum Gasteiger partial charge on any atom is -0.468 e. The molecule has 5 nitrogen and oxygen atoms in total. The summed E-state index contributed by atoms with van der Waals surface area (Å²) in [6.45, 7) is 4.85. The van der Waals surface area contributed by atoms with Crippen LogP contribution in [0.1, 0.15) is 11.3 Å². The Balaban J connectivity index is 1.67. The Bertz CT molecular complexity index is 767. The third-order valence-electron chi connectivity index (χ3n) is 4.06. The molecule has 2 heterocycles. The van der Waals surface area contributed by atoms with E-state index in [2.05, 4.69) is 4.90 Å². The van der Waals surface area contributed by atoms with Crippen molar-refractivity contribution in [3.8, 4) is 0 Å². The van der Waals surface area contributed by atoms with E-state index in [0.717, 1.165) is 11.3 Å². The first-order valence-corrected chi connectivity index (χ1v) is 9.29. The maximum absolute atomic E-state index is 12.7. The fourth-order valence-corrected chi connectivity index (χ4v) is 4.30. The Morgan fingerprint density at radius 1 is 1.17 bits per heavy atom. The number of nitrogens with zero attached hydrogens (tertiary/aromatic N) is 2. The molecule has 0 unspecified atom stereocenters. The summed E-state index contributed by atoms with van der Waals surface area (Å²) in [5.74, 6) is 0.898. The normalized spacial score (nSPS) is 17.5. The lowest BCUT2D eigenvalue weighted by molar-refractivity contribution is 0.171. The molecule has 7 heteroatoms. The zero-order valence-electron chi connectivity index (χ0n) is 12.9. The number of sulfonamides is 1. The largest absolute Gasteiger partial charge is 0.468 e. The third kappa shape index (κ3) is 3.61. The van der Waals surface area contributed by atoms with E-state index in [9.17, 15) is 8.42 Å². The first-order valence-electron chi connectivity index (χ1n) is 7.48. The minimum atomic E-state index is -3.46. The molecule has 0 atom stereocenters. The van der Waals surface area contributed by atoms with E-state index in [4.69, 9.17) is 16.0 Å². The van der Waals surface area contributed by atoms with Crippen molar-refractivity contribution in [1.82, 2.24) is 9.21 Å². The molecule has 124 valence electrons. The maximum Gasteiger partial charge on any atom is 0.243 e. The molecule has 2 aromatic rings. The summed E-state index contributed by atoms with van der Waals surface area (Å²) in [5.41, 5.74) is 0.768. The van der Waals surface area contributed by atoms with Crippen molar-refractivity contribution >= 4 is 21.6 Å². The lowest BCUT2D eigenvalue weighted by atomic mass is 10.2. The average Bonchev–Trinajstić information content (AvgIpc) is 3.03. The highest BCUT2D eigenvalue weighted by molar-refractivity contribution is 7.89. The molecule has 0 aliphatic carbocycles. The minimum absolute atomic E-state index is 0.305. The van der Waals surface area contributed by atoms with E-state index in [1.165, 1.54) is 4.31 Å². The molecular weight excluding hydrogens is 336 g/mol. The van der Waals surface area contributed by atoms with Crippen molar-refractivity contribution in [2.75, 3.05) is 26.2 Å². The lowest BCUT2D eigenvalue weighted by Gasteiger charge is -2.33. The van der Waals surface area contributed by atoms with Gasteiger partial charge in [0, 0.05) is 31.2 Å². The van der Waals surface area contributed by atoms with Gasteiger partial charge in [-0.3, -0.25) is 4.90 Å². The first kappa shape index (κ1) is 16.5. The van der Waals surface area contributed by atoms with Crippen LogP contribution in [0.25, 0.3) is 0 Å². The molecular formula is C16H19ClN2O3S. The fraction of sp³-hybridized carbons (Fsp3) is 0.375. The molecule has 1 aliphatic heterocycles. The molecule has 0 saturated carbocycles. The monoisotopic (exact) mass is 354 g/mol. The second-order valence-corrected chi connectivity index (χ2v) is 8.02. The van der Waals surface area contributed by atoms with Crippen LogP contribution >= 0.6 is 11.6 Å². The van der Waals surface area contributed by atoms with Crippen molar-refractivity contribution in [2.45, 2.75) is 18.4 Å². The molecule has 3 rings (SSSR count). The first-order chi connectivity index (χ1) is 11.0. The van der Waals surface area contributed by atoms with Crippen LogP contribution < -0.4 is 0 Å². The van der Waals surface area contributed by atoms with Crippen LogP contribution in [0.2, 0.25) is 5.02 Å². The highest BCUT2D eigenvalue weighted by Gasteiger charge is 2.28.